The predicted molar refractivity (Wildman–Crippen MR) is 119 cm³/mol. The Balaban J connectivity index is 1.23. The monoisotopic (exact) mass is 413 g/mol. The van der Waals surface area contributed by atoms with Crippen molar-refractivity contribution < 1.29 is 14.3 Å². The second-order valence-electron chi connectivity index (χ2n) is 6.97. The summed E-state index contributed by atoms with van der Waals surface area (Å²) in [6, 6.07) is 20.7. The van der Waals surface area contributed by atoms with E-state index in [1.165, 1.54) is 0 Å². The van der Waals surface area contributed by atoms with E-state index < -0.39 is 0 Å². The SMILES string of the molecule is O=C(NCCCOc1cccc2cccnc12)c1cccc(OCc2cccnc2)c1. The molecule has 6 heteroatoms. The van der Waals surface area contributed by atoms with Crippen LogP contribution in [0.5, 0.6) is 11.5 Å². The molecule has 1 N–H and O–H groups in total. The third-order valence-electron chi connectivity index (χ3n) is 4.68. The number of fused-ring (bicyclic) bond motifs is 1. The van der Waals surface area contributed by atoms with Crippen LogP contribution in [0.15, 0.2) is 85.3 Å². The Morgan fingerprint density at radius 3 is 2.71 bits per heavy atom. The number of benzene rings is 2. The van der Waals surface area contributed by atoms with E-state index in [9.17, 15) is 4.79 Å². The highest BCUT2D eigenvalue weighted by Gasteiger charge is 2.07. The maximum atomic E-state index is 12.5. The van der Waals surface area contributed by atoms with Crippen molar-refractivity contribution in [2.45, 2.75) is 13.0 Å². The number of amides is 1. The lowest BCUT2D eigenvalue weighted by atomic mass is 10.2. The second-order valence-corrected chi connectivity index (χ2v) is 6.97. The zero-order valence-electron chi connectivity index (χ0n) is 17.0. The van der Waals surface area contributed by atoms with Crippen molar-refractivity contribution in [2.24, 2.45) is 0 Å². The summed E-state index contributed by atoms with van der Waals surface area (Å²) in [7, 11) is 0. The average molecular weight is 413 g/mol. The van der Waals surface area contributed by atoms with Crippen LogP contribution in [-0.2, 0) is 6.61 Å². The number of aromatic nitrogens is 2. The number of ether oxygens (including phenoxy) is 2. The summed E-state index contributed by atoms with van der Waals surface area (Å²) in [5, 5.41) is 3.96. The molecule has 0 saturated carbocycles. The van der Waals surface area contributed by atoms with E-state index in [2.05, 4.69) is 15.3 Å². The number of hydrogen-bond donors (Lipinski definition) is 1. The fraction of sp³-hybridized carbons (Fsp3) is 0.160. The van der Waals surface area contributed by atoms with Crippen molar-refractivity contribution in [1.29, 1.82) is 0 Å². The van der Waals surface area contributed by atoms with Crippen molar-refractivity contribution in [3.63, 3.8) is 0 Å². The first-order chi connectivity index (χ1) is 15.3. The molecule has 0 aliphatic heterocycles. The minimum absolute atomic E-state index is 0.140. The topological polar surface area (TPSA) is 73.3 Å². The van der Waals surface area contributed by atoms with Crippen molar-refractivity contribution in [3.05, 3.63) is 96.4 Å². The van der Waals surface area contributed by atoms with Gasteiger partial charge in [-0.05, 0) is 42.8 Å². The minimum Gasteiger partial charge on any atom is -0.491 e. The van der Waals surface area contributed by atoms with E-state index in [4.69, 9.17) is 9.47 Å². The molecule has 2 aromatic carbocycles. The number of nitrogens with one attached hydrogen (secondary N) is 1. The van der Waals surface area contributed by atoms with Crippen LogP contribution in [0.2, 0.25) is 0 Å². The molecular weight excluding hydrogens is 390 g/mol. The minimum atomic E-state index is -0.140. The van der Waals surface area contributed by atoms with Crippen LogP contribution < -0.4 is 14.8 Å². The van der Waals surface area contributed by atoms with E-state index in [1.807, 2.05) is 54.6 Å². The molecule has 156 valence electrons. The van der Waals surface area contributed by atoms with Gasteiger partial charge in [0, 0.05) is 41.6 Å². The zero-order valence-corrected chi connectivity index (χ0v) is 17.0. The van der Waals surface area contributed by atoms with Gasteiger partial charge in [-0.3, -0.25) is 14.8 Å². The highest BCUT2D eigenvalue weighted by Crippen LogP contribution is 2.23. The van der Waals surface area contributed by atoms with Gasteiger partial charge in [0.05, 0.1) is 6.61 Å². The van der Waals surface area contributed by atoms with E-state index in [1.54, 1.807) is 30.7 Å². The molecule has 0 spiro atoms. The highest BCUT2D eigenvalue weighted by molar-refractivity contribution is 5.94. The molecule has 0 aliphatic carbocycles. The van der Waals surface area contributed by atoms with Gasteiger partial charge in [0.15, 0.2) is 0 Å². The Labute approximate surface area is 180 Å². The number of rotatable bonds is 9. The summed E-state index contributed by atoms with van der Waals surface area (Å²) in [5.74, 6) is 1.25. The van der Waals surface area contributed by atoms with E-state index >= 15 is 0 Å². The molecule has 0 unspecified atom stereocenters. The summed E-state index contributed by atoms with van der Waals surface area (Å²) in [4.78, 5) is 20.9. The standard InChI is InChI=1S/C25H23N3O3/c29-25(21-8-1-10-22(16-21)31-18-19-6-3-12-26-17-19)28-14-5-15-30-23-11-2-7-20-9-4-13-27-24(20)23/h1-4,6-13,16-17H,5,14-15,18H2,(H,28,29). The molecule has 6 nitrogen and oxygen atoms in total. The van der Waals surface area contributed by atoms with E-state index in [-0.39, 0.29) is 5.91 Å². The van der Waals surface area contributed by atoms with Gasteiger partial charge in [-0.1, -0.05) is 30.3 Å². The number of pyridine rings is 2. The largest absolute Gasteiger partial charge is 0.491 e. The Morgan fingerprint density at radius 2 is 1.81 bits per heavy atom. The van der Waals surface area contributed by atoms with Gasteiger partial charge in [0.25, 0.3) is 5.91 Å². The highest BCUT2D eigenvalue weighted by atomic mass is 16.5. The van der Waals surface area contributed by atoms with E-state index in [0.717, 1.165) is 22.2 Å². The van der Waals surface area contributed by atoms with Crippen molar-refractivity contribution >= 4 is 16.8 Å². The molecule has 2 aromatic heterocycles. The second kappa shape index (κ2) is 10.2. The van der Waals surface area contributed by atoms with Gasteiger partial charge in [0.1, 0.15) is 23.6 Å². The number of carbonyl (C=O) groups excluding carboxylic acids is 1. The fourth-order valence-electron chi connectivity index (χ4n) is 3.13. The molecule has 0 radical (unpaired) electrons. The molecule has 0 saturated heterocycles. The van der Waals surface area contributed by atoms with Gasteiger partial charge in [-0.25, -0.2) is 0 Å². The molecule has 31 heavy (non-hydrogen) atoms. The molecular formula is C25H23N3O3. The summed E-state index contributed by atoms with van der Waals surface area (Å²) in [6.45, 7) is 1.40. The molecule has 0 aliphatic rings. The molecule has 1 amide bonds. The van der Waals surface area contributed by atoms with Crippen molar-refractivity contribution in [2.75, 3.05) is 13.2 Å². The number of para-hydroxylation sites is 1. The van der Waals surface area contributed by atoms with Gasteiger partial charge < -0.3 is 14.8 Å². The van der Waals surface area contributed by atoms with Crippen LogP contribution >= 0.6 is 0 Å². The Kier molecular flexibility index (Phi) is 6.70. The van der Waals surface area contributed by atoms with Crippen LogP contribution in [0.25, 0.3) is 10.9 Å². The average Bonchev–Trinajstić information content (AvgIpc) is 2.83. The quantitative estimate of drug-likeness (QED) is 0.412. The first kappa shape index (κ1) is 20.3. The van der Waals surface area contributed by atoms with Crippen LogP contribution in [0, 0.1) is 0 Å². The smallest absolute Gasteiger partial charge is 0.251 e. The third-order valence-corrected chi connectivity index (χ3v) is 4.68. The summed E-state index contributed by atoms with van der Waals surface area (Å²) in [6.07, 6.45) is 5.92. The Morgan fingerprint density at radius 1 is 0.935 bits per heavy atom. The summed E-state index contributed by atoms with van der Waals surface area (Å²) < 4.78 is 11.6. The van der Waals surface area contributed by atoms with Crippen LogP contribution in [0.4, 0.5) is 0 Å². The van der Waals surface area contributed by atoms with Gasteiger partial charge in [-0.15, -0.1) is 0 Å². The Bertz CT molecular complexity index is 1140. The first-order valence-corrected chi connectivity index (χ1v) is 10.2. The molecule has 4 aromatic rings. The molecule has 0 bridgehead atoms. The lowest BCUT2D eigenvalue weighted by Gasteiger charge is -2.10. The van der Waals surface area contributed by atoms with Crippen molar-refractivity contribution in [3.8, 4) is 11.5 Å². The molecule has 0 fully saturated rings. The van der Waals surface area contributed by atoms with Crippen LogP contribution in [0.1, 0.15) is 22.3 Å². The third kappa shape index (κ3) is 5.57. The van der Waals surface area contributed by atoms with Crippen LogP contribution in [0.3, 0.4) is 0 Å². The molecule has 0 atom stereocenters. The molecule has 4 rings (SSSR count). The predicted octanol–water partition coefficient (Wildman–Crippen LogP) is 4.41. The summed E-state index contributed by atoms with van der Waals surface area (Å²) in [5.41, 5.74) is 2.37. The number of carbonyl (C=O) groups is 1. The van der Waals surface area contributed by atoms with Crippen molar-refractivity contribution in [1.82, 2.24) is 15.3 Å². The first-order valence-electron chi connectivity index (χ1n) is 10.2. The van der Waals surface area contributed by atoms with Gasteiger partial charge in [-0.2, -0.15) is 0 Å². The Hall–Kier alpha value is -3.93. The molecule has 2 heterocycles. The van der Waals surface area contributed by atoms with Gasteiger partial charge in [0.2, 0.25) is 0 Å². The normalized spacial score (nSPS) is 10.6. The maximum Gasteiger partial charge on any atom is 0.251 e. The lowest BCUT2D eigenvalue weighted by molar-refractivity contribution is 0.0951. The lowest BCUT2D eigenvalue weighted by Crippen LogP contribution is -2.25. The number of hydrogen-bond acceptors (Lipinski definition) is 5. The number of nitrogens with zero attached hydrogens (tertiary/aromatic N) is 2. The summed E-state index contributed by atoms with van der Waals surface area (Å²) >= 11 is 0. The van der Waals surface area contributed by atoms with Gasteiger partial charge >= 0.3 is 0 Å². The fourth-order valence-corrected chi connectivity index (χ4v) is 3.13. The maximum absolute atomic E-state index is 12.5. The van der Waals surface area contributed by atoms with E-state index in [0.29, 0.717) is 37.5 Å². The zero-order chi connectivity index (χ0) is 21.3. The van der Waals surface area contributed by atoms with Crippen LogP contribution in [-0.4, -0.2) is 29.0 Å².